The Labute approximate surface area is 773 Å². The van der Waals surface area contributed by atoms with Crippen LogP contribution in [-0.2, 0) is 95.1 Å². The molecule has 0 bridgehead atoms. The average molecular weight is 1930 g/mol. The van der Waals surface area contributed by atoms with Crippen molar-refractivity contribution in [3.8, 4) is 0 Å². The third-order valence-electron chi connectivity index (χ3n) is 25.1. The minimum atomic E-state index is -3.50. The molecule has 7 aliphatic heterocycles. The van der Waals surface area contributed by atoms with Gasteiger partial charge in [-0.1, -0.05) is 167 Å². The van der Waals surface area contributed by atoms with Gasteiger partial charge in [0.05, 0.1) is 77.1 Å². The molecule has 14 unspecified atom stereocenters. The normalized spacial score (nSPS) is 37.1. The molecule has 0 aromatic rings. The van der Waals surface area contributed by atoms with E-state index in [2.05, 4.69) is 40.4 Å². The zero-order valence-electron chi connectivity index (χ0n) is 76.8. The Bertz CT molecular complexity index is 3390. The van der Waals surface area contributed by atoms with E-state index >= 15 is 0 Å². The van der Waals surface area contributed by atoms with Crippen molar-refractivity contribution < 1.29 is 202 Å². The van der Waals surface area contributed by atoms with Crippen molar-refractivity contribution in [1.82, 2.24) is 26.6 Å². The molecule has 26 N–H and O–H groups in total. The van der Waals surface area contributed by atoms with Crippen molar-refractivity contribution in [2.24, 2.45) is 0 Å². The number of carboxylic acids is 1. The van der Waals surface area contributed by atoms with Crippen LogP contribution in [0, 0.1) is 0 Å². The van der Waals surface area contributed by atoms with Crippen molar-refractivity contribution in [2.75, 3.05) is 52.9 Å². The second kappa shape index (κ2) is 58.4. The minimum Gasteiger partial charge on any atom is -0.477 e. The van der Waals surface area contributed by atoms with Gasteiger partial charge in [-0.2, -0.15) is 0 Å². The summed E-state index contributed by atoms with van der Waals surface area (Å²) in [4.78, 5) is 79.7. The van der Waals surface area contributed by atoms with Crippen LogP contribution in [0.3, 0.4) is 0 Å². The van der Waals surface area contributed by atoms with E-state index in [0.29, 0.717) is 12.8 Å². The van der Waals surface area contributed by atoms with Gasteiger partial charge in [-0.15, -0.1) is 0 Å². The Hall–Kier alpha value is -4.80. The summed E-state index contributed by atoms with van der Waals surface area (Å²) in [6.07, 6.45) is -39.3. The van der Waals surface area contributed by atoms with Gasteiger partial charge in [-0.05, 0) is 19.3 Å². The number of hydrogen-bond donors (Lipinski definition) is 26. The molecule has 5 amide bonds. The first-order valence-electron chi connectivity index (χ1n) is 47.1. The molecule has 0 aromatic carbocycles. The molecule has 133 heavy (non-hydrogen) atoms. The smallest absolute Gasteiger partial charge is 0.364 e. The molecule has 0 spiro atoms. The second-order valence-corrected chi connectivity index (χ2v) is 35.7. The van der Waals surface area contributed by atoms with Crippen LogP contribution in [0.2, 0.25) is 0 Å². The number of rotatable bonds is 58. The zero-order valence-corrected chi connectivity index (χ0v) is 76.8. The van der Waals surface area contributed by atoms with E-state index in [9.17, 15) is 136 Å². The maximum absolute atomic E-state index is 14.1. The summed E-state index contributed by atoms with van der Waals surface area (Å²) < 4.78 is 85.4. The molecule has 7 fully saturated rings. The van der Waals surface area contributed by atoms with Gasteiger partial charge >= 0.3 is 5.97 Å². The standard InChI is InChI=1S/C87H153N5O41/c1-7-9-11-13-15-17-19-21-23-25-27-29-31-33-49(104)48(92-58(107)34-32-30-28-26-24-22-20-18-16-14-12-10-8-2)43-120-83-70(115)69(114)73(56(41-98)125-83)127-85-72(117)79(133-87(86(118)119)35-50(105)59(88-44(3)100)77(132-87)63(108)51(106)36-93)74(57(42-99)126-85)128-81-62(91-47(6)103)76(66(111)54(39-96)122-81)130-84-71(116)78(67(112)55(40-97)124-84)131-82-61(90-46(5)102)75(65(110)53(38-95)123-82)129-80-60(89-45(4)101)68(113)64(109)52(37-94)121-80/h31,33,48-57,59-85,93-99,104-106,108-117H,7-30,32,34-43H2,1-6H3,(H,88,100)(H,89,101)(H,90,102)(H,91,103)(H,92,107)(H,118,119)/b33-31+/t48-,49+,50?,51+,52?,53?,54?,55?,56?,57?,59+,60?,61?,62?,63+,64-,65-,66-,67-,68+,69+,70?,71?,72?,73+,74-,75+,76+,77?,78-,79+,80+,81-,82-,83+,84-,85-,87-/m0/s1. The predicted molar refractivity (Wildman–Crippen MR) is 458 cm³/mol. The molecule has 46 heteroatoms. The summed E-state index contributed by atoms with van der Waals surface area (Å²) in [6, 6.07) is -8.72. The molecule has 7 saturated heterocycles. The van der Waals surface area contributed by atoms with Crippen LogP contribution in [0.4, 0.5) is 0 Å². The molecule has 7 aliphatic rings. The third kappa shape index (κ3) is 33.2. The molecule has 0 saturated carbocycles. The molecule has 0 aliphatic carbocycles. The van der Waals surface area contributed by atoms with E-state index in [0.717, 1.165) is 91.9 Å². The number of carbonyl (C=O) groups excluding carboxylic acids is 5. The summed E-state index contributed by atoms with van der Waals surface area (Å²) in [5, 5.41) is 252. The summed E-state index contributed by atoms with van der Waals surface area (Å²) >= 11 is 0. The first kappa shape index (κ1) is 115. The molecular weight excluding hydrogens is 1770 g/mol. The summed E-state index contributed by atoms with van der Waals surface area (Å²) in [5.74, 6) is -9.84. The molecule has 7 heterocycles. The van der Waals surface area contributed by atoms with Gasteiger partial charge in [0, 0.05) is 40.5 Å². The van der Waals surface area contributed by atoms with Gasteiger partial charge < -0.3 is 200 Å². The van der Waals surface area contributed by atoms with Gasteiger partial charge in [0.15, 0.2) is 37.7 Å². The van der Waals surface area contributed by atoms with Gasteiger partial charge in [-0.25, -0.2) is 4.79 Å². The Morgan fingerprint density at radius 1 is 0.391 bits per heavy atom. The number of hydrogen-bond acceptors (Lipinski definition) is 40. The second-order valence-electron chi connectivity index (χ2n) is 35.7. The number of aliphatic hydroxyl groups excluding tert-OH is 20. The Morgan fingerprint density at radius 2 is 0.759 bits per heavy atom. The fourth-order valence-electron chi connectivity index (χ4n) is 17.7. The molecular formula is C87H153N5O41. The summed E-state index contributed by atoms with van der Waals surface area (Å²) in [5.41, 5.74) is 0. The van der Waals surface area contributed by atoms with E-state index in [1.807, 2.05) is 0 Å². The zero-order chi connectivity index (χ0) is 97.9. The molecule has 0 aromatic heterocycles. The first-order chi connectivity index (χ1) is 63.5. The highest BCUT2D eigenvalue weighted by atomic mass is 16.8. The van der Waals surface area contributed by atoms with Crippen molar-refractivity contribution in [1.29, 1.82) is 0 Å². The van der Waals surface area contributed by atoms with Crippen LogP contribution in [0.15, 0.2) is 12.2 Å². The van der Waals surface area contributed by atoms with Crippen molar-refractivity contribution in [2.45, 2.75) is 447 Å². The number of carboxylic acid groups (broad SMARTS) is 1. The monoisotopic (exact) mass is 1920 g/mol. The minimum absolute atomic E-state index is 0.0941. The van der Waals surface area contributed by atoms with Crippen molar-refractivity contribution in [3.05, 3.63) is 12.2 Å². The summed E-state index contributed by atoms with van der Waals surface area (Å²) in [7, 11) is 0. The van der Waals surface area contributed by atoms with E-state index < -0.39 is 327 Å². The predicted octanol–water partition coefficient (Wildman–Crippen LogP) is -5.89. The Balaban J connectivity index is 1.18. The lowest BCUT2D eigenvalue weighted by molar-refractivity contribution is -0.404. The van der Waals surface area contributed by atoms with Gasteiger partial charge in [0.1, 0.15) is 165 Å². The number of amides is 5. The molecule has 38 atom stereocenters. The number of ether oxygens (including phenoxy) is 14. The highest BCUT2D eigenvalue weighted by molar-refractivity contribution is 5.77. The number of aliphatic hydroxyl groups is 20. The van der Waals surface area contributed by atoms with Crippen molar-refractivity contribution in [3.63, 3.8) is 0 Å². The summed E-state index contributed by atoms with van der Waals surface area (Å²) in [6.45, 7) is -0.543. The lowest BCUT2D eigenvalue weighted by Gasteiger charge is -2.53. The lowest BCUT2D eigenvalue weighted by Crippen LogP contribution is -2.72. The topological polar surface area (TPSA) is 717 Å². The highest BCUT2D eigenvalue weighted by Crippen LogP contribution is 2.43. The maximum atomic E-state index is 14.1. The largest absolute Gasteiger partial charge is 0.477 e. The van der Waals surface area contributed by atoms with Crippen LogP contribution in [0.25, 0.3) is 0 Å². The SMILES string of the molecule is CCCCCCCCCCCCC/C=C/[C@@H](O)[C@H](CO[C@@H]1OC(CO)[C@@H](O[C@@H]2OC(CO)[C@H](O[C@@H]3OC(CO)[C@H](O)[C@H](O[C@@H]4OC(CO)[C@H](O)[C@H](O[C@@H]5OC(CO)[C@H](O)[C@H](O[C@H]6OC(CO)[C@H](O)[C@H](O)C6NC(C)=O)C5NC(C)=O)C4O)C3NC(C)=O)[C@H](O[C@]3(C(=O)O)CC(O)[C@@H](NC(C)=O)C([C@H](O)[C@H](O)CO)O3)C2O)[C@H](O)C1O)NC(=O)CCCCCCCCCCCCCCC. The van der Waals surface area contributed by atoms with Gasteiger partial charge in [0.2, 0.25) is 29.5 Å². The van der Waals surface area contributed by atoms with Crippen molar-refractivity contribution >= 4 is 35.5 Å². The fourth-order valence-corrected chi connectivity index (χ4v) is 17.7. The third-order valence-corrected chi connectivity index (χ3v) is 25.1. The average Bonchev–Trinajstić information content (AvgIpc) is 0.743. The number of nitrogens with one attached hydrogen (secondary N) is 5. The van der Waals surface area contributed by atoms with E-state index in [4.69, 9.17) is 66.3 Å². The molecule has 7 rings (SSSR count). The maximum Gasteiger partial charge on any atom is 0.364 e. The Kier molecular flexibility index (Phi) is 50.6. The molecule has 0 radical (unpaired) electrons. The van der Waals surface area contributed by atoms with E-state index in [1.165, 1.54) is 89.5 Å². The van der Waals surface area contributed by atoms with Gasteiger partial charge in [0.25, 0.3) is 5.79 Å². The van der Waals surface area contributed by atoms with Gasteiger partial charge in [-0.3, -0.25) is 24.0 Å². The Morgan fingerprint density at radius 3 is 1.22 bits per heavy atom. The lowest BCUT2D eigenvalue weighted by atomic mass is 9.88. The first-order valence-corrected chi connectivity index (χ1v) is 47.1. The van der Waals surface area contributed by atoms with Crippen LogP contribution >= 0.6 is 0 Å². The molecule has 772 valence electrons. The highest BCUT2D eigenvalue weighted by Gasteiger charge is 2.64. The molecule has 46 nitrogen and oxygen atoms in total. The van der Waals surface area contributed by atoms with Crippen LogP contribution in [0.1, 0.15) is 215 Å². The number of allylic oxidation sites excluding steroid dienone is 1. The number of aliphatic carboxylic acids is 1. The number of unbranched alkanes of at least 4 members (excludes halogenated alkanes) is 23. The van der Waals surface area contributed by atoms with Crippen LogP contribution in [-0.4, -0.2) is 428 Å². The van der Waals surface area contributed by atoms with Crippen LogP contribution in [0.5, 0.6) is 0 Å². The quantitative estimate of drug-likeness (QED) is 0.0199. The number of carbonyl (C=O) groups is 6. The van der Waals surface area contributed by atoms with E-state index in [1.54, 1.807) is 6.08 Å². The van der Waals surface area contributed by atoms with E-state index in [-0.39, 0.29) is 6.42 Å². The van der Waals surface area contributed by atoms with Crippen LogP contribution < -0.4 is 26.6 Å². The fraction of sp³-hybridized carbons (Fsp3) is 0.908.